The van der Waals surface area contributed by atoms with Crippen molar-refractivity contribution >= 4 is 0 Å². The summed E-state index contributed by atoms with van der Waals surface area (Å²) in [6.07, 6.45) is 2.65. The second-order valence-electron chi connectivity index (χ2n) is 5.39. The zero-order valence-electron chi connectivity index (χ0n) is 11.5. The fourth-order valence-corrected chi connectivity index (χ4v) is 2.20. The summed E-state index contributed by atoms with van der Waals surface area (Å²) in [5.74, 6) is 0.601. The Kier molecular flexibility index (Phi) is 3.45. The van der Waals surface area contributed by atoms with E-state index in [1.54, 1.807) is 6.07 Å². The predicted molar refractivity (Wildman–Crippen MR) is 77.3 cm³/mol. The molecule has 1 unspecified atom stereocenters. The highest BCUT2D eigenvalue weighted by Crippen LogP contribution is 2.29. The summed E-state index contributed by atoms with van der Waals surface area (Å²) in [4.78, 5) is 0. The number of ether oxygens (including phenoxy) is 1. The zero-order chi connectivity index (χ0) is 14.1. The van der Waals surface area contributed by atoms with Gasteiger partial charge >= 0.3 is 0 Å². The first kappa shape index (κ1) is 13.1. The van der Waals surface area contributed by atoms with Crippen molar-refractivity contribution in [2.75, 3.05) is 0 Å². The van der Waals surface area contributed by atoms with Crippen molar-refractivity contribution < 1.29 is 9.13 Å². The lowest BCUT2D eigenvalue weighted by molar-refractivity contribution is 0.303. The molecule has 1 fully saturated rings. The molecule has 0 spiro atoms. The first-order valence-corrected chi connectivity index (χ1v) is 6.92. The zero-order valence-corrected chi connectivity index (χ0v) is 11.5. The van der Waals surface area contributed by atoms with Crippen LogP contribution < -0.4 is 10.5 Å². The summed E-state index contributed by atoms with van der Waals surface area (Å²) in [6.45, 7) is 1.86. The van der Waals surface area contributed by atoms with E-state index in [4.69, 9.17) is 10.5 Å². The van der Waals surface area contributed by atoms with Gasteiger partial charge in [-0.05, 0) is 49.1 Å². The van der Waals surface area contributed by atoms with Crippen LogP contribution in [0.25, 0.3) is 0 Å². The summed E-state index contributed by atoms with van der Waals surface area (Å²) < 4.78 is 19.6. The highest BCUT2D eigenvalue weighted by Gasteiger charge is 2.23. The largest absolute Gasteiger partial charge is 0.490 e. The first-order chi connectivity index (χ1) is 9.63. The molecule has 0 bridgehead atoms. The molecule has 20 heavy (non-hydrogen) atoms. The van der Waals surface area contributed by atoms with Crippen LogP contribution in [-0.2, 0) is 0 Å². The molecule has 104 valence electrons. The van der Waals surface area contributed by atoms with Crippen molar-refractivity contribution in [1.29, 1.82) is 0 Å². The highest BCUT2D eigenvalue weighted by atomic mass is 19.1. The second-order valence-corrected chi connectivity index (χ2v) is 5.39. The number of aryl methyl sites for hydroxylation is 1. The van der Waals surface area contributed by atoms with Gasteiger partial charge in [-0.1, -0.05) is 24.3 Å². The third-order valence-electron chi connectivity index (χ3n) is 3.56. The lowest BCUT2D eigenvalue weighted by atomic mass is 9.98. The van der Waals surface area contributed by atoms with E-state index < -0.39 is 6.04 Å². The SMILES string of the molecule is Cc1ccc(C(N)c2ccc(OC3CC3)cc2)c(F)c1. The van der Waals surface area contributed by atoms with Crippen molar-refractivity contribution in [3.8, 4) is 5.75 Å². The van der Waals surface area contributed by atoms with E-state index in [1.807, 2.05) is 37.3 Å². The van der Waals surface area contributed by atoms with Gasteiger partial charge in [-0.15, -0.1) is 0 Å². The Morgan fingerprint density at radius 3 is 2.45 bits per heavy atom. The van der Waals surface area contributed by atoms with Gasteiger partial charge in [0.25, 0.3) is 0 Å². The van der Waals surface area contributed by atoms with Crippen LogP contribution in [0.1, 0.15) is 35.6 Å². The molecule has 0 heterocycles. The van der Waals surface area contributed by atoms with Crippen LogP contribution in [0.5, 0.6) is 5.75 Å². The number of halogens is 1. The monoisotopic (exact) mass is 271 g/mol. The Morgan fingerprint density at radius 1 is 1.15 bits per heavy atom. The van der Waals surface area contributed by atoms with Crippen molar-refractivity contribution in [1.82, 2.24) is 0 Å². The quantitative estimate of drug-likeness (QED) is 0.919. The number of benzene rings is 2. The molecule has 1 aliphatic carbocycles. The van der Waals surface area contributed by atoms with Crippen molar-refractivity contribution in [2.45, 2.75) is 31.9 Å². The topological polar surface area (TPSA) is 35.2 Å². The first-order valence-electron chi connectivity index (χ1n) is 6.92. The molecular weight excluding hydrogens is 253 g/mol. The summed E-state index contributed by atoms with van der Waals surface area (Å²) in [5.41, 5.74) is 8.45. The molecule has 0 radical (unpaired) electrons. The molecule has 1 atom stereocenters. The van der Waals surface area contributed by atoms with Crippen LogP contribution >= 0.6 is 0 Å². The van der Waals surface area contributed by atoms with Crippen LogP contribution in [0, 0.1) is 12.7 Å². The number of nitrogens with two attached hydrogens (primary N) is 1. The third-order valence-corrected chi connectivity index (χ3v) is 3.56. The Morgan fingerprint density at radius 2 is 1.85 bits per heavy atom. The van der Waals surface area contributed by atoms with Crippen LogP contribution in [-0.4, -0.2) is 6.10 Å². The third kappa shape index (κ3) is 2.83. The normalized spacial score (nSPS) is 15.9. The molecule has 0 aromatic heterocycles. The van der Waals surface area contributed by atoms with Gasteiger partial charge in [-0.25, -0.2) is 4.39 Å². The maximum absolute atomic E-state index is 13.9. The van der Waals surface area contributed by atoms with E-state index in [2.05, 4.69) is 0 Å². The maximum atomic E-state index is 13.9. The lowest BCUT2D eigenvalue weighted by Crippen LogP contribution is -2.13. The molecule has 2 N–H and O–H groups in total. The van der Waals surface area contributed by atoms with Gasteiger partial charge in [0.2, 0.25) is 0 Å². The molecule has 0 aliphatic heterocycles. The molecule has 2 nitrogen and oxygen atoms in total. The van der Waals surface area contributed by atoms with Crippen LogP contribution in [0.15, 0.2) is 42.5 Å². The minimum atomic E-state index is -0.453. The summed E-state index contributed by atoms with van der Waals surface area (Å²) in [5, 5.41) is 0. The lowest BCUT2D eigenvalue weighted by Gasteiger charge is -2.14. The maximum Gasteiger partial charge on any atom is 0.128 e. The average Bonchev–Trinajstić information content (AvgIpc) is 3.23. The molecule has 2 aromatic rings. The Labute approximate surface area is 118 Å². The summed E-state index contributed by atoms with van der Waals surface area (Å²) in [7, 11) is 0. The highest BCUT2D eigenvalue weighted by molar-refractivity contribution is 5.37. The molecule has 3 heteroatoms. The standard InChI is InChI=1S/C17H18FNO/c1-11-2-9-15(16(18)10-11)17(19)12-3-5-13(6-4-12)20-14-7-8-14/h2-6,9-10,14,17H,7-8,19H2,1H3. The predicted octanol–water partition coefficient (Wildman–Crippen LogP) is 3.72. The van der Waals surface area contributed by atoms with Gasteiger partial charge in [0, 0.05) is 5.56 Å². The van der Waals surface area contributed by atoms with Crippen molar-refractivity contribution in [3.05, 3.63) is 65.0 Å². The van der Waals surface area contributed by atoms with E-state index in [-0.39, 0.29) is 5.82 Å². The fourth-order valence-electron chi connectivity index (χ4n) is 2.20. The molecule has 3 rings (SSSR count). The molecule has 0 amide bonds. The van der Waals surface area contributed by atoms with E-state index in [0.717, 1.165) is 29.7 Å². The van der Waals surface area contributed by atoms with Gasteiger partial charge in [-0.2, -0.15) is 0 Å². The van der Waals surface area contributed by atoms with E-state index >= 15 is 0 Å². The Balaban J connectivity index is 1.80. The minimum absolute atomic E-state index is 0.254. The van der Waals surface area contributed by atoms with Crippen molar-refractivity contribution in [2.24, 2.45) is 5.73 Å². The molecule has 2 aromatic carbocycles. The smallest absolute Gasteiger partial charge is 0.128 e. The fraction of sp³-hybridized carbons (Fsp3) is 0.294. The van der Waals surface area contributed by atoms with Gasteiger partial charge in [-0.3, -0.25) is 0 Å². The van der Waals surface area contributed by atoms with Crippen LogP contribution in [0.4, 0.5) is 4.39 Å². The number of hydrogen-bond donors (Lipinski definition) is 1. The number of hydrogen-bond acceptors (Lipinski definition) is 2. The van der Waals surface area contributed by atoms with Gasteiger partial charge in [0.15, 0.2) is 0 Å². The Bertz CT molecular complexity index is 605. The average molecular weight is 271 g/mol. The van der Waals surface area contributed by atoms with E-state index in [9.17, 15) is 4.39 Å². The molecule has 0 saturated heterocycles. The summed E-state index contributed by atoms with van der Waals surface area (Å²) in [6, 6.07) is 12.3. The van der Waals surface area contributed by atoms with Gasteiger partial charge in [0.1, 0.15) is 11.6 Å². The number of rotatable bonds is 4. The molecule has 1 saturated carbocycles. The van der Waals surface area contributed by atoms with E-state index in [0.29, 0.717) is 11.7 Å². The van der Waals surface area contributed by atoms with Crippen LogP contribution in [0.3, 0.4) is 0 Å². The van der Waals surface area contributed by atoms with Crippen molar-refractivity contribution in [3.63, 3.8) is 0 Å². The van der Waals surface area contributed by atoms with Crippen LogP contribution in [0.2, 0.25) is 0 Å². The van der Waals surface area contributed by atoms with E-state index in [1.165, 1.54) is 6.07 Å². The Hall–Kier alpha value is -1.87. The minimum Gasteiger partial charge on any atom is -0.490 e. The van der Waals surface area contributed by atoms with Gasteiger partial charge < -0.3 is 10.5 Å². The molecule has 1 aliphatic rings. The second kappa shape index (κ2) is 5.25. The summed E-state index contributed by atoms with van der Waals surface area (Å²) >= 11 is 0. The molecular formula is C17H18FNO. The van der Waals surface area contributed by atoms with Gasteiger partial charge in [0.05, 0.1) is 12.1 Å².